The Morgan fingerprint density at radius 3 is 2.70 bits per heavy atom. The molecule has 108 valence electrons. The molecule has 20 heavy (non-hydrogen) atoms. The Kier molecular flexibility index (Phi) is 3.76. The van der Waals surface area contributed by atoms with E-state index in [9.17, 15) is 4.79 Å². The monoisotopic (exact) mass is 295 g/mol. The summed E-state index contributed by atoms with van der Waals surface area (Å²) in [7, 11) is 0. The Balaban J connectivity index is 1.57. The van der Waals surface area contributed by atoms with Crippen molar-refractivity contribution in [1.29, 1.82) is 0 Å². The molecule has 2 aliphatic rings. The molecule has 0 radical (unpaired) electrons. The summed E-state index contributed by atoms with van der Waals surface area (Å²) in [5.41, 5.74) is 6.41. The number of nitrogens with zero attached hydrogens (tertiary/aromatic N) is 4. The van der Waals surface area contributed by atoms with Gasteiger partial charge in [-0.25, -0.2) is 14.8 Å². The topological polar surface area (TPSA) is 75.4 Å². The van der Waals surface area contributed by atoms with Gasteiger partial charge in [-0.3, -0.25) is 4.90 Å². The zero-order chi connectivity index (χ0) is 14.1. The van der Waals surface area contributed by atoms with Crippen LogP contribution in [0.3, 0.4) is 0 Å². The lowest BCUT2D eigenvalue weighted by atomic mass is 10.2. The fraction of sp³-hybridized carbons (Fsp3) is 0.615. The van der Waals surface area contributed by atoms with Crippen molar-refractivity contribution in [3.63, 3.8) is 0 Å². The van der Waals surface area contributed by atoms with E-state index in [2.05, 4.69) is 14.9 Å². The quantitative estimate of drug-likeness (QED) is 0.841. The van der Waals surface area contributed by atoms with Gasteiger partial charge >= 0.3 is 6.03 Å². The lowest BCUT2D eigenvalue weighted by molar-refractivity contribution is 0.0932. The summed E-state index contributed by atoms with van der Waals surface area (Å²) >= 11 is 5.78. The van der Waals surface area contributed by atoms with Gasteiger partial charge in [0.1, 0.15) is 0 Å². The molecule has 2 bridgehead atoms. The molecule has 1 aromatic rings. The van der Waals surface area contributed by atoms with Crippen molar-refractivity contribution >= 4 is 17.6 Å². The second kappa shape index (κ2) is 5.54. The van der Waals surface area contributed by atoms with E-state index in [0.29, 0.717) is 5.28 Å². The largest absolute Gasteiger partial charge is 0.351 e. The number of piperazine rings is 1. The van der Waals surface area contributed by atoms with Crippen LogP contribution in [-0.4, -0.2) is 57.5 Å². The van der Waals surface area contributed by atoms with Crippen LogP contribution < -0.4 is 5.73 Å². The molecule has 7 heteroatoms. The van der Waals surface area contributed by atoms with E-state index >= 15 is 0 Å². The zero-order valence-corrected chi connectivity index (χ0v) is 12.0. The highest BCUT2D eigenvalue weighted by Gasteiger charge is 2.41. The molecule has 0 aliphatic carbocycles. The lowest BCUT2D eigenvalue weighted by Gasteiger charge is -2.40. The molecule has 1 aromatic heterocycles. The predicted octanol–water partition coefficient (Wildman–Crippen LogP) is 0.900. The lowest BCUT2D eigenvalue weighted by Crippen LogP contribution is -2.57. The van der Waals surface area contributed by atoms with Crippen LogP contribution in [0.25, 0.3) is 0 Å². The molecule has 2 atom stereocenters. The van der Waals surface area contributed by atoms with E-state index < -0.39 is 0 Å². The van der Waals surface area contributed by atoms with Crippen LogP contribution >= 0.6 is 11.6 Å². The summed E-state index contributed by atoms with van der Waals surface area (Å²) in [6.07, 6.45) is 4.64. The van der Waals surface area contributed by atoms with Gasteiger partial charge in [0.05, 0.1) is 0 Å². The maximum Gasteiger partial charge on any atom is 0.315 e. The third-order valence-electron chi connectivity index (χ3n) is 4.18. The summed E-state index contributed by atoms with van der Waals surface area (Å²) in [5, 5.41) is 0.293. The number of aromatic nitrogens is 2. The summed E-state index contributed by atoms with van der Waals surface area (Å²) in [6.45, 7) is 2.73. The number of hydrogen-bond acceptors (Lipinski definition) is 4. The van der Waals surface area contributed by atoms with Crippen molar-refractivity contribution in [2.75, 3.05) is 19.6 Å². The third-order valence-corrected chi connectivity index (χ3v) is 4.36. The van der Waals surface area contributed by atoms with Gasteiger partial charge in [-0.1, -0.05) is 0 Å². The van der Waals surface area contributed by atoms with Gasteiger partial charge in [-0.15, -0.1) is 0 Å². The van der Waals surface area contributed by atoms with Crippen LogP contribution in [0, 0.1) is 0 Å². The van der Waals surface area contributed by atoms with Gasteiger partial charge < -0.3 is 10.6 Å². The molecule has 2 N–H and O–H groups in total. The van der Waals surface area contributed by atoms with Crippen LogP contribution in [0.2, 0.25) is 5.28 Å². The fourth-order valence-corrected chi connectivity index (χ4v) is 3.48. The minimum atomic E-state index is -0.278. The van der Waals surface area contributed by atoms with Gasteiger partial charge in [0.15, 0.2) is 0 Å². The highest BCUT2D eigenvalue weighted by Crippen LogP contribution is 2.29. The molecule has 6 nitrogen and oxygen atoms in total. The Morgan fingerprint density at radius 2 is 2.10 bits per heavy atom. The standard InChI is InChI=1S/C13H18ClN5O/c14-12-16-5-3-9(17-12)4-6-18-7-10-1-2-11(8-18)19(10)13(15)20/h3,5,10-11H,1-2,4,6-8H2,(H2,15,20). The van der Waals surface area contributed by atoms with Gasteiger partial charge in [0, 0.05) is 50.0 Å². The van der Waals surface area contributed by atoms with Gasteiger partial charge in [0.2, 0.25) is 5.28 Å². The smallest absolute Gasteiger partial charge is 0.315 e. The van der Waals surface area contributed by atoms with E-state index in [1.54, 1.807) is 6.20 Å². The third kappa shape index (κ3) is 2.71. The van der Waals surface area contributed by atoms with Crippen molar-refractivity contribution in [3.05, 3.63) is 23.2 Å². The van der Waals surface area contributed by atoms with Crippen molar-refractivity contribution in [2.24, 2.45) is 5.73 Å². The molecule has 3 heterocycles. The number of rotatable bonds is 3. The van der Waals surface area contributed by atoms with Crippen molar-refractivity contribution < 1.29 is 4.79 Å². The van der Waals surface area contributed by atoms with Crippen molar-refractivity contribution in [3.8, 4) is 0 Å². The molecular weight excluding hydrogens is 278 g/mol. The Morgan fingerprint density at radius 1 is 1.40 bits per heavy atom. The second-order valence-electron chi connectivity index (χ2n) is 5.46. The molecule has 2 amide bonds. The molecule has 3 rings (SSSR count). The number of likely N-dealkylation sites (tertiary alicyclic amines) is 1. The van der Waals surface area contributed by atoms with E-state index in [0.717, 1.165) is 44.6 Å². The van der Waals surface area contributed by atoms with E-state index in [1.807, 2.05) is 11.0 Å². The summed E-state index contributed by atoms with van der Waals surface area (Å²) in [4.78, 5) is 23.8. The van der Waals surface area contributed by atoms with Crippen molar-refractivity contribution in [1.82, 2.24) is 19.8 Å². The molecule has 2 fully saturated rings. The van der Waals surface area contributed by atoms with Crippen molar-refractivity contribution in [2.45, 2.75) is 31.3 Å². The SMILES string of the molecule is NC(=O)N1C2CCC1CN(CCc1ccnc(Cl)n1)C2. The molecule has 0 saturated carbocycles. The average Bonchev–Trinajstić information content (AvgIpc) is 2.68. The summed E-state index contributed by atoms with van der Waals surface area (Å²) in [6, 6.07) is 2.17. The number of amides is 2. The number of halogens is 1. The molecule has 2 saturated heterocycles. The molecular formula is C13H18ClN5O. The number of urea groups is 1. The van der Waals surface area contributed by atoms with Crippen LogP contribution in [-0.2, 0) is 6.42 Å². The minimum Gasteiger partial charge on any atom is -0.351 e. The maximum absolute atomic E-state index is 11.4. The molecule has 2 unspecified atom stereocenters. The number of carbonyl (C=O) groups excluding carboxylic acids is 1. The first-order chi connectivity index (χ1) is 9.63. The number of nitrogens with two attached hydrogens (primary N) is 1. The Bertz CT molecular complexity index is 497. The molecule has 0 aromatic carbocycles. The van der Waals surface area contributed by atoms with E-state index in [1.165, 1.54) is 0 Å². The van der Waals surface area contributed by atoms with Gasteiger partial charge in [0.25, 0.3) is 0 Å². The fourth-order valence-electron chi connectivity index (χ4n) is 3.31. The first-order valence-corrected chi connectivity index (χ1v) is 7.29. The summed E-state index contributed by atoms with van der Waals surface area (Å²) in [5.74, 6) is 0. The first-order valence-electron chi connectivity index (χ1n) is 6.91. The van der Waals surface area contributed by atoms with Gasteiger partial charge in [-0.2, -0.15) is 0 Å². The van der Waals surface area contributed by atoms with E-state index in [-0.39, 0.29) is 18.1 Å². The van der Waals surface area contributed by atoms with E-state index in [4.69, 9.17) is 17.3 Å². The molecule has 2 aliphatic heterocycles. The van der Waals surface area contributed by atoms with Crippen LogP contribution in [0.4, 0.5) is 4.79 Å². The number of primary amides is 1. The number of hydrogen-bond donors (Lipinski definition) is 1. The summed E-state index contributed by atoms with van der Waals surface area (Å²) < 4.78 is 0. The van der Waals surface area contributed by atoms with Crippen LogP contribution in [0.15, 0.2) is 12.3 Å². The zero-order valence-electron chi connectivity index (χ0n) is 11.2. The first kappa shape index (κ1) is 13.6. The molecule has 0 spiro atoms. The van der Waals surface area contributed by atoms with Crippen LogP contribution in [0.5, 0.6) is 0 Å². The Hall–Kier alpha value is -1.40. The average molecular weight is 296 g/mol. The number of carbonyl (C=O) groups is 1. The second-order valence-corrected chi connectivity index (χ2v) is 5.80. The van der Waals surface area contributed by atoms with Gasteiger partial charge in [-0.05, 0) is 30.5 Å². The maximum atomic E-state index is 11.4. The minimum absolute atomic E-state index is 0.278. The number of fused-ring (bicyclic) bond motifs is 2. The predicted molar refractivity (Wildman–Crippen MR) is 75.4 cm³/mol. The van der Waals surface area contributed by atoms with Crippen LogP contribution in [0.1, 0.15) is 18.5 Å². The highest BCUT2D eigenvalue weighted by atomic mass is 35.5. The Labute approximate surface area is 122 Å². The highest BCUT2D eigenvalue weighted by molar-refractivity contribution is 6.28. The normalized spacial score (nSPS) is 25.9.